The van der Waals surface area contributed by atoms with E-state index in [0.717, 1.165) is 13.2 Å². The zero-order chi connectivity index (χ0) is 10.6. The molecule has 3 heteroatoms. The summed E-state index contributed by atoms with van der Waals surface area (Å²) in [5.41, 5.74) is 0. The minimum Gasteiger partial charge on any atom is -0.397 e. The van der Waals surface area contributed by atoms with Crippen molar-refractivity contribution in [1.29, 1.82) is 0 Å². The van der Waals surface area contributed by atoms with Crippen LogP contribution in [-0.2, 0) is 8.85 Å². The van der Waals surface area contributed by atoms with Crippen LogP contribution < -0.4 is 0 Å². The number of unbranched alkanes of at least 4 members (excludes halogenated alkanes) is 4. The van der Waals surface area contributed by atoms with Crippen molar-refractivity contribution in [2.24, 2.45) is 0 Å². The molecule has 0 radical (unpaired) electrons. The molecule has 0 heterocycles. The highest BCUT2D eigenvalue weighted by Crippen LogP contribution is 1.99. The maximum absolute atomic E-state index is 5.64. The average Bonchev–Trinajstić information content (AvgIpc) is 2.19. The van der Waals surface area contributed by atoms with Gasteiger partial charge in [0.1, 0.15) is 0 Å². The lowest BCUT2D eigenvalue weighted by Crippen LogP contribution is -2.19. The fraction of sp³-hybridized carbons (Fsp3) is 1.00. The fourth-order valence-corrected chi connectivity index (χ4v) is 2.34. The smallest absolute Gasteiger partial charge is 0.318 e. The van der Waals surface area contributed by atoms with E-state index in [-0.39, 0.29) is 0 Å². The second-order valence-electron chi connectivity index (χ2n) is 3.72. The lowest BCUT2D eigenvalue weighted by Gasteiger charge is -2.12. The van der Waals surface area contributed by atoms with E-state index in [0.29, 0.717) is 0 Å². The van der Waals surface area contributed by atoms with Crippen molar-refractivity contribution >= 4 is 9.28 Å². The minimum absolute atomic E-state index is 0.898. The molecular weight excluding hydrogens is 192 g/mol. The molecule has 0 bridgehead atoms. The Hall–Kier alpha value is 0.137. The molecule has 0 fully saturated rings. The third-order valence-corrected chi connectivity index (χ3v) is 3.61. The lowest BCUT2D eigenvalue weighted by molar-refractivity contribution is 0.195. The Morgan fingerprint density at radius 1 is 0.786 bits per heavy atom. The highest BCUT2D eigenvalue weighted by Gasteiger charge is 2.04. The first-order chi connectivity index (χ1) is 6.81. The molecule has 86 valence electrons. The molecule has 0 aromatic carbocycles. The Bertz CT molecular complexity index is 97.5. The van der Waals surface area contributed by atoms with Gasteiger partial charge in [0.25, 0.3) is 0 Å². The number of hydrogen-bond donors (Lipinski definition) is 0. The van der Waals surface area contributed by atoms with Gasteiger partial charge in [0, 0.05) is 13.2 Å². The van der Waals surface area contributed by atoms with Crippen LogP contribution in [0.1, 0.15) is 52.4 Å². The Kier molecular flexibility index (Phi) is 11.3. The molecule has 0 saturated carbocycles. The standard InChI is InChI=1S/C11H26O2Si/c1-4-6-8-10-12-14(3)13-11-9-7-5-2/h14H,4-11H2,1-3H3. The second kappa shape index (κ2) is 11.2. The molecule has 14 heavy (non-hydrogen) atoms. The summed E-state index contributed by atoms with van der Waals surface area (Å²) in [4.78, 5) is 0. The van der Waals surface area contributed by atoms with Gasteiger partial charge >= 0.3 is 9.28 Å². The fourth-order valence-electron chi connectivity index (χ4n) is 1.25. The molecule has 0 saturated heterocycles. The van der Waals surface area contributed by atoms with Gasteiger partial charge in [-0.25, -0.2) is 0 Å². The van der Waals surface area contributed by atoms with Crippen molar-refractivity contribution in [3.05, 3.63) is 0 Å². The van der Waals surface area contributed by atoms with Crippen LogP contribution in [-0.4, -0.2) is 22.5 Å². The molecule has 0 aliphatic carbocycles. The van der Waals surface area contributed by atoms with E-state index in [4.69, 9.17) is 8.85 Å². The highest BCUT2D eigenvalue weighted by molar-refractivity contribution is 6.42. The first kappa shape index (κ1) is 14.1. The van der Waals surface area contributed by atoms with Crippen LogP contribution in [0.3, 0.4) is 0 Å². The molecule has 0 atom stereocenters. The monoisotopic (exact) mass is 218 g/mol. The number of rotatable bonds is 10. The molecule has 0 aliphatic rings. The van der Waals surface area contributed by atoms with Crippen LogP contribution in [0.4, 0.5) is 0 Å². The maximum atomic E-state index is 5.64. The summed E-state index contributed by atoms with van der Waals surface area (Å²) in [6.07, 6.45) is 7.44. The SMILES string of the molecule is CCCCCO[SiH](C)OCCCCC. The van der Waals surface area contributed by atoms with Gasteiger partial charge in [-0.1, -0.05) is 39.5 Å². The molecule has 0 rings (SSSR count). The summed E-state index contributed by atoms with van der Waals surface area (Å²) >= 11 is 0. The van der Waals surface area contributed by atoms with E-state index in [9.17, 15) is 0 Å². The van der Waals surface area contributed by atoms with Crippen molar-refractivity contribution in [3.63, 3.8) is 0 Å². The van der Waals surface area contributed by atoms with Crippen LogP contribution in [0.5, 0.6) is 0 Å². The van der Waals surface area contributed by atoms with Gasteiger partial charge in [-0.05, 0) is 19.4 Å². The number of hydrogen-bond acceptors (Lipinski definition) is 2. The van der Waals surface area contributed by atoms with Crippen LogP contribution in [0.2, 0.25) is 6.55 Å². The molecular formula is C11H26O2Si. The van der Waals surface area contributed by atoms with E-state index in [1.807, 2.05) is 0 Å². The Morgan fingerprint density at radius 2 is 1.21 bits per heavy atom. The predicted octanol–water partition coefficient (Wildman–Crippen LogP) is 3.25. The van der Waals surface area contributed by atoms with Gasteiger partial charge in [-0.15, -0.1) is 0 Å². The molecule has 2 nitrogen and oxygen atoms in total. The first-order valence-electron chi connectivity index (χ1n) is 6.04. The minimum atomic E-state index is -1.29. The van der Waals surface area contributed by atoms with E-state index >= 15 is 0 Å². The molecule has 0 amide bonds. The van der Waals surface area contributed by atoms with Crippen LogP contribution in [0.25, 0.3) is 0 Å². The predicted molar refractivity (Wildman–Crippen MR) is 64.0 cm³/mol. The highest BCUT2D eigenvalue weighted by atomic mass is 28.3. The Morgan fingerprint density at radius 3 is 1.57 bits per heavy atom. The third kappa shape index (κ3) is 10.2. The topological polar surface area (TPSA) is 18.5 Å². The maximum Gasteiger partial charge on any atom is 0.318 e. The Balaban J connectivity index is 3.07. The summed E-state index contributed by atoms with van der Waals surface area (Å²) in [6, 6.07) is 0. The largest absolute Gasteiger partial charge is 0.397 e. The second-order valence-corrected chi connectivity index (χ2v) is 5.53. The summed E-state index contributed by atoms with van der Waals surface area (Å²) in [5.74, 6) is 0. The van der Waals surface area contributed by atoms with Crippen LogP contribution in [0, 0.1) is 0 Å². The van der Waals surface area contributed by atoms with E-state index in [1.54, 1.807) is 0 Å². The van der Waals surface area contributed by atoms with Gasteiger partial charge in [0.05, 0.1) is 0 Å². The Labute approximate surface area is 90.8 Å². The van der Waals surface area contributed by atoms with E-state index in [1.165, 1.54) is 38.5 Å². The summed E-state index contributed by atoms with van der Waals surface area (Å²) in [6.45, 7) is 8.34. The summed E-state index contributed by atoms with van der Waals surface area (Å²) < 4.78 is 11.3. The summed E-state index contributed by atoms with van der Waals surface area (Å²) in [5, 5.41) is 0. The normalized spacial score (nSPS) is 11.1. The van der Waals surface area contributed by atoms with Gasteiger partial charge in [0.2, 0.25) is 0 Å². The van der Waals surface area contributed by atoms with Gasteiger partial charge in [-0.2, -0.15) is 0 Å². The summed E-state index contributed by atoms with van der Waals surface area (Å²) in [7, 11) is -1.29. The van der Waals surface area contributed by atoms with E-state index < -0.39 is 9.28 Å². The quantitative estimate of drug-likeness (QED) is 0.414. The lowest BCUT2D eigenvalue weighted by atomic mass is 10.3. The molecule has 0 spiro atoms. The van der Waals surface area contributed by atoms with Crippen LogP contribution in [0.15, 0.2) is 0 Å². The zero-order valence-corrected chi connectivity index (χ0v) is 11.2. The molecule has 0 aliphatic heterocycles. The van der Waals surface area contributed by atoms with Crippen molar-refractivity contribution in [2.75, 3.05) is 13.2 Å². The molecule has 0 aromatic rings. The average molecular weight is 218 g/mol. The molecule has 0 N–H and O–H groups in total. The van der Waals surface area contributed by atoms with Gasteiger partial charge in [0.15, 0.2) is 0 Å². The molecule has 0 aromatic heterocycles. The van der Waals surface area contributed by atoms with Crippen molar-refractivity contribution in [2.45, 2.75) is 58.9 Å². The first-order valence-corrected chi connectivity index (χ1v) is 8.14. The van der Waals surface area contributed by atoms with Gasteiger partial charge in [-0.3, -0.25) is 0 Å². The molecule has 0 unspecified atom stereocenters. The van der Waals surface area contributed by atoms with Crippen molar-refractivity contribution in [3.8, 4) is 0 Å². The van der Waals surface area contributed by atoms with Gasteiger partial charge < -0.3 is 8.85 Å². The van der Waals surface area contributed by atoms with Crippen molar-refractivity contribution < 1.29 is 8.85 Å². The third-order valence-electron chi connectivity index (χ3n) is 2.20. The van der Waals surface area contributed by atoms with E-state index in [2.05, 4.69) is 20.4 Å². The zero-order valence-electron chi connectivity index (χ0n) is 10.1. The van der Waals surface area contributed by atoms with Crippen molar-refractivity contribution in [1.82, 2.24) is 0 Å². The van der Waals surface area contributed by atoms with Crippen LogP contribution >= 0.6 is 0 Å².